The topological polar surface area (TPSA) is 32.8 Å². The quantitative estimate of drug-likeness (QED) is 0.555. The van der Waals surface area contributed by atoms with Crippen LogP contribution in [0.5, 0.6) is 0 Å². The van der Waals surface area contributed by atoms with E-state index in [1.165, 1.54) is 11.1 Å². The van der Waals surface area contributed by atoms with Crippen LogP contribution in [0, 0.1) is 0 Å². The van der Waals surface area contributed by atoms with E-state index in [2.05, 4.69) is 41.3 Å². The molecule has 3 aromatic carbocycles. The van der Waals surface area contributed by atoms with Gasteiger partial charge < -0.3 is 9.64 Å². The standard InChI is InChI=1S/C25H25ClN2O2/c26-23-13-11-22(12-14-23)24(21-9-5-2-6-10-21)27-15-17-28(18-16-27)25(29)30-19-20-7-3-1-4-8-20/h1-14,24H,15-19H2/t24-/m1/s1. The van der Waals surface area contributed by atoms with E-state index in [0.29, 0.717) is 19.7 Å². The number of carbonyl (C=O) groups excluding carboxylic acids is 1. The fourth-order valence-corrected chi connectivity index (χ4v) is 3.99. The molecule has 0 radical (unpaired) electrons. The van der Waals surface area contributed by atoms with Crippen LogP contribution in [-0.2, 0) is 11.3 Å². The molecule has 4 rings (SSSR count). The lowest BCUT2D eigenvalue weighted by Gasteiger charge is -2.39. The molecule has 0 spiro atoms. The largest absolute Gasteiger partial charge is 0.445 e. The SMILES string of the molecule is O=C(OCc1ccccc1)N1CCN([C@H](c2ccccc2)c2ccc(Cl)cc2)CC1. The molecule has 0 saturated carbocycles. The summed E-state index contributed by atoms with van der Waals surface area (Å²) in [5.74, 6) is 0. The van der Waals surface area contributed by atoms with Crippen molar-refractivity contribution < 1.29 is 9.53 Å². The number of carbonyl (C=O) groups is 1. The van der Waals surface area contributed by atoms with Gasteiger partial charge >= 0.3 is 6.09 Å². The summed E-state index contributed by atoms with van der Waals surface area (Å²) < 4.78 is 5.50. The Morgan fingerprint density at radius 1 is 0.800 bits per heavy atom. The predicted molar refractivity (Wildman–Crippen MR) is 120 cm³/mol. The second kappa shape index (κ2) is 9.79. The minimum absolute atomic E-state index is 0.131. The van der Waals surface area contributed by atoms with Gasteiger partial charge in [0.1, 0.15) is 6.61 Å². The molecule has 1 fully saturated rings. The molecule has 0 aromatic heterocycles. The number of piperazine rings is 1. The van der Waals surface area contributed by atoms with E-state index in [1.807, 2.05) is 48.5 Å². The molecule has 1 heterocycles. The molecule has 0 bridgehead atoms. The third kappa shape index (κ3) is 5.02. The summed E-state index contributed by atoms with van der Waals surface area (Å²) in [5.41, 5.74) is 3.43. The van der Waals surface area contributed by atoms with Gasteiger partial charge in [0.25, 0.3) is 0 Å². The van der Waals surface area contributed by atoms with Gasteiger partial charge in [-0.05, 0) is 28.8 Å². The summed E-state index contributed by atoms with van der Waals surface area (Å²) in [6, 6.07) is 28.4. The van der Waals surface area contributed by atoms with Gasteiger partial charge in [0.2, 0.25) is 0 Å². The van der Waals surface area contributed by atoms with Crippen LogP contribution in [0.25, 0.3) is 0 Å². The van der Waals surface area contributed by atoms with Crippen LogP contribution in [0.1, 0.15) is 22.7 Å². The molecule has 0 N–H and O–H groups in total. The average molecular weight is 421 g/mol. The Bertz CT molecular complexity index is 940. The minimum atomic E-state index is -0.249. The highest BCUT2D eigenvalue weighted by molar-refractivity contribution is 6.30. The van der Waals surface area contributed by atoms with E-state index >= 15 is 0 Å². The number of halogens is 1. The van der Waals surface area contributed by atoms with E-state index < -0.39 is 0 Å². The molecule has 1 saturated heterocycles. The molecule has 154 valence electrons. The fourth-order valence-electron chi connectivity index (χ4n) is 3.87. The van der Waals surface area contributed by atoms with Crippen LogP contribution < -0.4 is 0 Å². The van der Waals surface area contributed by atoms with E-state index in [4.69, 9.17) is 16.3 Å². The Hall–Kier alpha value is -2.82. The van der Waals surface area contributed by atoms with Crippen molar-refractivity contribution in [1.29, 1.82) is 0 Å². The Morgan fingerprint density at radius 2 is 1.37 bits per heavy atom. The number of nitrogens with zero attached hydrogens (tertiary/aromatic N) is 2. The molecule has 3 aromatic rings. The number of rotatable bonds is 5. The summed E-state index contributed by atoms with van der Waals surface area (Å²) in [6.07, 6.45) is -0.249. The molecule has 30 heavy (non-hydrogen) atoms. The fraction of sp³-hybridized carbons (Fsp3) is 0.240. The van der Waals surface area contributed by atoms with Gasteiger partial charge in [0.05, 0.1) is 6.04 Å². The van der Waals surface area contributed by atoms with Crippen molar-refractivity contribution >= 4 is 17.7 Å². The van der Waals surface area contributed by atoms with Crippen molar-refractivity contribution in [3.05, 3.63) is 107 Å². The molecule has 1 aliphatic rings. The van der Waals surface area contributed by atoms with Crippen molar-refractivity contribution in [3.8, 4) is 0 Å². The Balaban J connectivity index is 1.41. The van der Waals surface area contributed by atoms with E-state index in [-0.39, 0.29) is 12.1 Å². The highest BCUT2D eigenvalue weighted by Crippen LogP contribution is 2.30. The number of benzene rings is 3. The maximum Gasteiger partial charge on any atom is 0.410 e. The maximum atomic E-state index is 12.5. The van der Waals surface area contributed by atoms with Gasteiger partial charge in [-0.1, -0.05) is 84.4 Å². The zero-order valence-electron chi connectivity index (χ0n) is 16.8. The van der Waals surface area contributed by atoms with Crippen LogP contribution in [0.15, 0.2) is 84.9 Å². The third-order valence-electron chi connectivity index (χ3n) is 5.44. The summed E-state index contributed by atoms with van der Waals surface area (Å²) in [7, 11) is 0. The van der Waals surface area contributed by atoms with Gasteiger partial charge in [-0.3, -0.25) is 4.90 Å². The van der Waals surface area contributed by atoms with Crippen LogP contribution in [0.3, 0.4) is 0 Å². The lowest BCUT2D eigenvalue weighted by Crippen LogP contribution is -2.50. The second-order valence-corrected chi connectivity index (χ2v) is 7.86. The normalized spacial score (nSPS) is 15.6. The Kier molecular flexibility index (Phi) is 6.67. The monoisotopic (exact) mass is 420 g/mol. The molecule has 1 amide bonds. The van der Waals surface area contributed by atoms with Crippen molar-refractivity contribution in [1.82, 2.24) is 9.80 Å². The first-order chi connectivity index (χ1) is 14.7. The van der Waals surface area contributed by atoms with Crippen molar-refractivity contribution in [2.75, 3.05) is 26.2 Å². The van der Waals surface area contributed by atoms with Crippen molar-refractivity contribution in [2.24, 2.45) is 0 Å². The summed E-state index contributed by atoms with van der Waals surface area (Å²) in [5, 5.41) is 0.733. The molecule has 1 atom stereocenters. The number of ether oxygens (including phenoxy) is 1. The molecular weight excluding hydrogens is 396 g/mol. The summed E-state index contributed by atoms with van der Waals surface area (Å²) in [4.78, 5) is 16.7. The smallest absolute Gasteiger partial charge is 0.410 e. The zero-order chi connectivity index (χ0) is 20.8. The molecule has 0 aliphatic carbocycles. The lowest BCUT2D eigenvalue weighted by molar-refractivity contribution is 0.0645. The third-order valence-corrected chi connectivity index (χ3v) is 5.70. The van der Waals surface area contributed by atoms with Crippen molar-refractivity contribution in [2.45, 2.75) is 12.6 Å². The minimum Gasteiger partial charge on any atom is -0.445 e. The highest BCUT2D eigenvalue weighted by Gasteiger charge is 2.28. The first-order valence-corrected chi connectivity index (χ1v) is 10.6. The van der Waals surface area contributed by atoms with E-state index in [0.717, 1.165) is 23.7 Å². The summed E-state index contributed by atoms with van der Waals surface area (Å²) >= 11 is 6.10. The van der Waals surface area contributed by atoms with Crippen LogP contribution in [0.2, 0.25) is 5.02 Å². The van der Waals surface area contributed by atoms with Gasteiger partial charge in [-0.15, -0.1) is 0 Å². The summed E-state index contributed by atoms with van der Waals surface area (Å²) in [6.45, 7) is 3.15. The molecule has 4 nitrogen and oxygen atoms in total. The van der Waals surface area contributed by atoms with Crippen LogP contribution in [0.4, 0.5) is 4.79 Å². The molecule has 0 unspecified atom stereocenters. The Morgan fingerprint density at radius 3 is 2.00 bits per heavy atom. The maximum absolute atomic E-state index is 12.5. The zero-order valence-corrected chi connectivity index (χ0v) is 17.5. The van der Waals surface area contributed by atoms with E-state index in [9.17, 15) is 4.79 Å². The van der Waals surface area contributed by atoms with Gasteiger partial charge in [0, 0.05) is 31.2 Å². The van der Waals surface area contributed by atoms with Crippen LogP contribution >= 0.6 is 11.6 Å². The van der Waals surface area contributed by atoms with Crippen molar-refractivity contribution in [3.63, 3.8) is 0 Å². The van der Waals surface area contributed by atoms with E-state index in [1.54, 1.807) is 4.90 Å². The number of hydrogen-bond acceptors (Lipinski definition) is 3. The predicted octanol–water partition coefficient (Wildman–Crippen LogP) is 5.38. The average Bonchev–Trinajstić information content (AvgIpc) is 2.81. The first kappa shape index (κ1) is 20.5. The number of hydrogen-bond donors (Lipinski definition) is 0. The lowest BCUT2D eigenvalue weighted by atomic mass is 9.96. The molecule has 5 heteroatoms. The van der Waals surface area contributed by atoms with Gasteiger partial charge in [-0.2, -0.15) is 0 Å². The van der Waals surface area contributed by atoms with Gasteiger partial charge in [0.15, 0.2) is 0 Å². The van der Waals surface area contributed by atoms with Gasteiger partial charge in [-0.25, -0.2) is 4.79 Å². The highest BCUT2D eigenvalue weighted by atomic mass is 35.5. The molecular formula is C25H25ClN2O2. The Labute approximate surface area is 182 Å². The second-order valence-electron chi connectivity index (χ2n) is 7.43. The van der Waals surface area contributed by atoms with Crippen LogP contribution in [-0.4, -0.2) is 42.1 Å². The first-order valence-electron chi connectivity index (χ1n) is 10.2. The number of amides is 1. The molecule has 1 aliphatic heterocycles.